The number of benzene rings is 1. The first-order chi connectivity index (χ1) is 8.81. The first kappa shape index (κ1) is 13.2. The molecule has 18 heavy (non-hydrogen) atoms. The lowest BCUT2D eigenvalue weighted by Crippen LogP contribution is -2.20. The third-order valence-corrected chi connectivity index (χ3v) is 3.71. The van der Waals surface area contributed by atoms with Crippen LogP contribution in [0.25, 0.3) is 0 Å². The first-order valence-electron chi connectivity index (χ1n) is 7.07. The largest absolute Gasteiger partial charge is 0.375 e. The summed E-state index contributed by atoms with van der Waals surface area (Å²) in [6, 6.07) is 8.96. The number of anilines is 2. The molecule has 100 valence electrons. The van der Waals surface area contributed by atoms with E-state index < -0.39 is 0 Å². The number of hydrogen-bond donors (Lipinski definition) is 1. The Labute approximate surface area is 111 Å². The van der Waals surface area contributed by atoms with E-state index in [4.69, 9.17) is 5.73 Å². The summed E-state index contributed by atoms with van der Waals surface area (Å²) in [4.78, 5) is 4.78. The fourth-order valence-corrected chi connectivity index (χ4v) is 2.52. The molecule has 3 heteroatoms. The average Bonchev–Trinajstić information content (AvgIpc) is 2.93. The minimum absolute atomic E-state index is 0.793. The molecule has 1 saturated heterocycles. The number of rotatable bonds is 6. The van der Waals surface area contributed by atoms with E-state index in [1.165, 1.54) is 43.7 Å². The van der Waals surface area contributed by atoms with E-state index in [0.29, 0.717) is 0 Å². The number of nitrogens with two attached hydrogens (primary N) is 1. The summed E-state index contributed by atoms with van der Waals surface area (Å²) < 4.78 is 0. The molecule has 0 saturated carbocycles. The van der Waals surface area contributed by atoms with Gasteiger partial charge in [-0.3, -0.25) is 0 Å². The van der Waals surface area contributed by atoms with E-state index in [2.05, 4.69) is 41.1 Å². The van der Waals surface area contributed by atoms with Crippen LogP contribution in [0.2, 0.25) is 0 Å². The predicted molar refractivity (Wildman–Crippen MR) is 79.4 cm³/mol. The smallest absolute Gasteiger partial charge is 0.0367 e. The van der Waals surface area contributed by atoms with Gasteiger partial charge in [0.2, 0.25) is 0 Å². The Hall–Kier alpha value is -1.22. The topological polar surface area (TPSA) is 32.5 Å². The lowest BCUT2D eigenvalue weighted by Gasteiger charge is -2.22. The van der Waals surface area contributed by atoms with Crippen molar-refractivity contribution in [2.45, 2.75) is 25.7 Å². The molecule has 0 amide bonds. The number of unbranched alkanes of at least 4 members (excludes halogenated alkanes) is 1. The zero-order valence-corrected chi connectivity index (χ0v) is 11.4. The maximum absolute atomic E-state index is 5.52. The van der Waals surface area contributed by atoms with Gasteiger partial charge in [0, 0.05) is 38.1 Å². The number of nitrogens with zero attached hydrogens (tertiary/aromatic N) is 2. The van der Waals surface area contributed by atoms with Crippen molar-refractivity contribution in [3.8, 4) is 0 Å². The monoisotopic (exact) mass is 247 g/mol. The van der Waals surface area contributed by atoms with Crippen molar-refractivity contribution in [2.75, 3.05) is 43.0 Å². The Bertz CT molecular complexity index is 341. The molecule has 0 bridgehead atoms. The summed E-state index contributed by atoms with van der Waals surface area (Å²) in [6.45, 7) is 4.30. The van der Waals surface area contributed by atoms with E-state index in [9.17, 15) is 0 Å². The van der Waals surface area contributed by atoms with Crippen molar-refractivity contribution in [3.05, 3.63) is 24.3 Å². The molecule has 3 nitrogen and oxygen atoms in total. The molecule has 0 spiro atoms. The minimum atomic E-state index is 0.793. The van der Waals surface area contributed by atoms with Crippen LogP contribution in [0.4, 0.5) is 11.4 Å². The van der Waals surface area contributed by atoms with E-state index in [1.807, 2.05) is 0 Å². The van der Waals surface area contributed by atoms with Crippen LogP contribution in [0.5, 0.6) is 0 Å². The van der Waals surface area contributed by atoms with Gasteiger partial charge in [0.25, 0.3) is 0 Å². The molecule has 0 unspecified atom stereocenters. The molecular formula is C15H25N3. The molecule has 0 aromatic heterocycles. The summed E-state index contributed by atoms with van der Waals surface area (Å²) in [6.07, 6.45) is 4.94. The highest BCUT2D eigenvalue weighted by Crippen LogP contribution is 2.23. The van der Waals surface area contributed by atoms with E-state index in [-0.39, 0.29) is 0 Å². The molecule has 1 aromatic carbocycles. The normalized spacial score (nSPS) is 15.1. The first-order valence-corrected chi connectivity index (χ1v) is 7.07. The van der Waals surface area contributed by atoms with Gasteiger partial charge in [-0.1, -0.05) is 0 Å². The zero-order valence-electron chi connectivity index (χ0n) is 11.4. The summed E-state index contributed by atoms with van der Waals surface area (Å²) in [5.41, 5.74) is 8.19. The second-order valence-electron chi connectivity index (χ2n) is 5.13. The molecule has 1 aromatic rings. The van der Waals surface area contributed by atoms with Crippen molar-refractivity contribution in [1.82, 2.24) is 0 Å². The van der Waals surface area contributed by atoms with Crippen LogP contribution in [0.3, 0.4) is 0 Å². The van der Waals surface area contributed by atoms with E-state index in [0.717, 1.165) is 19.5 Å². The summed E-state index contributed by atoms with van der Waals surface area (Å²) in [7, 11) is 2.15. The second-order valence-corrected chi connectivity index (χ2v) is 5.13. The third-order valence-electron chi connectivity index (χ3n) is 3.71. The van der Waals surface area contributed by atoms with Crippen LogP contribution >= 0.6 is 0 Å². The van der Waals surface area contributed by atoms with Crippen molar-refractivity contribution >= 4 is 11.4 Å². The van der Waals surface area contributed by atoms with Gasteiger partial charge in [0.05, 0.1) is 0 Å². The van der Waals surface area contributed by atoms with Gasteiger partial charge in [0.15, 0.2) is 0 Å². The van der Waals surface area contributed by atoms with Gasteiger partial charge in [-0.25, -0.2) is 0 Å². The molecule has 1 aliphatic rings. The summed E-state index contributed by atoms with van der Waals surface area (Å²) >= 11 is 0. The lowest BCUT2D eigenvalue weighted by atomic mass is 10.2. The van der Waals surface area contributed by atoms with Gasteiger partial charge < -0.3 is 15.5 Å². The van der Waals surface area contributed by atoms with Crippen molar-refractivity contribution < 1.29 is 0 Å². The fraction of sp³-hybridized carbons (Fsp3) is 0.600. The molecule has 0 aliphatic carbocycles. The van der Waals surface area contributed by atoms with Crippen molar-refractivity contribution in [3.63, 3.8) is 0 Å². The Balaban J connectivity index is 1.89. The second kappa shape index (κ2) is 6.64. The molecule has 2 N–H and O–H groups in total. The molecule has 0 radical (unpaired) electrons. The highest BCUT2D eigenvalue weighted by molar-refractivity contribution is 5.56. The van der Waals surface area contributed by atoms with Gasteiger partial charge >= 0.3 is 0 Å². The predicted octanol–water partition coefficient (Wildman–Crippen LogP) is 2.46. The van der Waals surface area contributed by atoms with E-state index >= 15 is 0 Å². The van der Waals surface area contributed by atoms with Gasteiger partial charge in [-0.15, -0.1) is 0 Å². The molecule has 1 heterocycles. The van der Waals surface area contributed by atoms with Gasteiger partial charge in [-0.05, 0) is 56.5 Å². The lowest BCUT2D eigenvalue weighted by molar-refractivity contribution is 0.728. The average molecular weight is 247 g/mol. The van der Waals surface area contributed by atoms with Crippen LogP contribution in [0, 0.1) is 0 Å². The van der Waals surface area contributed by atoms with Gasteiger partial charge in [-0.2, -0.15) is 0 Å². The van der Waals surface area contributed by atoms with E-state index in [1.54, 1.807) is 0 Å². The number of hydrogen-bond acceptors (Lipinski definition) is 3. The Morgan fingerprint density at radius 3 is 2.39 bits per heavy atom. The maximum atomic E-state index is 5.52. The molecular weight excluding hydrogens is 222 g/mol. The van der Waals surface area contributed by atoms with Crippen LogP contribution < -0.4 is 15.5 Å². The van der Waals surface area contributed by atoms with Crippen LogP contribution in [-0.2, 0) is 0 Å². The third kappa shape index (κ3) is 3.39. The highest BCUT2D eigenvalue weighted by atomic mass is 15.1. The Kier molecular flexibility index (Phi) is 4.88. The standard InChI is InChI=1S/C15H25N3/c1-17(11-3-2-10-16)14-6-8-15(9-7-14)18-12-4-5-13-18/h6-9H,2-5,10-13,16H2,1H3. The maximum Gasteiger partial charge on any atom is 0.0367 e. The van der Waals surface area contributed by atoms with Gasteiger partial charge in [0.1, 0.15) is 0 Å². The van der Waals surface area contributed by atoms with Crippen molar-refractivity contribution in [2.24, 2.45) is 5.73 Å². The van der Waals surface area contributed by atoms with Crippen LogP contribution in [-0.4, -0.2) is 33.2 Å². The molecule has 2 rings (SSSR count). The van der Waals surface area contributed by atoms with Crippen LogP contribution in [0.15, 0.2) is 24.3 Å². The Morgan fingerprint density at radius 2 is 1.78 bits per heavy atom. The molecule has 0 atom stereocenters. The summed E-state index contributed by atoms with van der Waals surface area (Å²) in [5.74, 6) is 0. The summed E-state index contributed by atoms with van der Waals surface area (Å²) in [5, 5.41) is 0. The highest BCUT2D eigenvalue weighted by Gasteiger charge is 2.12. The SMILES string of the molecule is CN(CCCCN)c1ccc(N2CCCC2)cc1. The Morgan fingerprint density at radius 1 is 1.11 bits per heavy atom. The fourth-order valence-electron chi connectivity index (χ4n) is 2.52. The van der Waals surface area contributed by atoms with Crippen LogP contribution in [0.1, 0.15) is 25.7 Å². The zero-order chi connectivity index (χ0) is 12.8. The minimum Gasteiger partial charge on any atom is -0.375 e. The molecule has 1 aliphatic heterocycles. The molecule has 1 fully saturated rings. The quantitative estimate of drug-likeness (QED) is 0.784. The van der Waals surface area contributed by atoms with Crippen molar-refractivity contribution in [1.29, 1.82) is 0 Å².